The summed E-state index contributed by atoms with van der Waals surface area (Å²) in [4.78, 5) is 11.7. The average Bonchev–Trinajstić information content (AvgIpc) is 2.76. The van der Waals surface area contributed by atoms with E-state index in [4.69, 9.17) is 9.47 Å². The Kier molecular flexibility index (Phi) is 2.37. The summed E-state index contributed by atoms with van der Waals surface area (Å²) in [5.74, 6) is -0.909. The molecule has 0 N–H and O–H groups in total. The van der Waals surface area contributed by atoms with E-state index in [1.807, 2.05) is 13.8 Å². The van der Waals surface area contributed by atoms with Crippen molar-refractivity contribution in [1.82, 2.24) is 0 Å². The van der Waals surface area contributed by atoms with Crippen LogP contribution in [0.25, 0.3) is 0 Å². The minimum atomic E-state index is -0.710. The first-order valence-electron chi connectivity index (χ1n) is 6.62. The summed E-state index contributed by atoms with van der Waals surface area (Å²) in [5, 5.41) is 0. The predicted molar refractivity (Wildman–Crippen MR) is 63.3 cm³/mol. The van der Waals surface area contributed by atoms with E-state index >= 15 is 0 Å². The van der Waals surface area contributed by atoms with Crippen molar-refractivity contribution in [3.05, 3.63) is 11.1 Å². The molecule has 0 aromatic carbocycles. The van der Waals surface area contributed by atoms with E-state index in [0.717, 1.165) is 24.2 Å². The Morgan fingerprint density at radius 2 is 1.82 bits per heavy atom. The number of ether oxygens (including phenoxy) is 2. The Labute approximate surface area is 102 Å². The third-order valence-corrected chi connectivity index (χ3v) is 4.83. The lowest BCUT2D eigenvalue weighted by Crippen LogP contribution is -2.32. The van der Waals surface area contributed by atoms with E-state index in [1.165, 1.54) is 32.1 Å². The van der Waals surface area contributed by atoms with Crippen LogP contribution in [-0.2, 0) is 14.3 Å². The molecule has 1 saturated carbocycles. The van der Waals surface area contributed by atoms with E-state index in [1.54, 1.807) is 0 Å². The van der Waals surface area contributed by atoms with Crippen LogP contribution in [0.2, 0.25) is 0 Å². The van der Waals surface area contributed by atoms with Gasteiger partial charge >= 0.3 is 5.97 Å². The second-order valence-corrected chi connectivity index (χ2v) is 5.92. The molecule has 1 atom stereocenters. The molecule has 2 aliphatic heterocycles. The van der Waals surface area contributed by atoms with Gasteiger partial charge in [-0.15, -0.1) is 0 Å². The maximum atomic E-state index is 11.7. The van der Waals surface area contributed by atoms with Gasteiger partial charge in [0.05, 0.1) is 6.61 Å². The summed E-state index contributed by atoms with van der Waals surface area (Å²) in [6.45, 7) is 4.56. The highest BCUT2D eigenvalue weighted by atomic mass is 16.7. The van der Waals surface area contributed by atoms with Gasteiger partial charge in [0.1, 0.15) is 0 Å². The van der Waals surface area contributed by atoms with Gasteiger partial charge in [-0.2, -0.15) is 0 Å². The Morgan fingerprint density at radius 3 is 2.41 bits per heavy atom. The molecule has 0 aromatic heterocycles. The van der Waals surface area contributed by atoms with E-state index in [-0.39, 0.29) is 11.4 Å². The normalized spacial score (nSPS) is 36.0. The number of esters is 1. The zero-order valence-corrected chi connectivity index (χ0v) is 10.7. The highest BCUT2D eigenvalue weighted by Gasteiger charge is 2.56. The fourth-order valence-electron chi connectivity index (χ4n) is 3.54. The maximum absolute atomic E-state index is 11.7. The molecule has 2 heterocycles. The molecular formula is C14H20O3. The van der Waals surface area contributed by atoms with Gasteiger partial charge in [0, 0.05) is 23.0 Å². The third-order valence-electron chi connectivity index (χ3n) is 4.83. The van der Waals surface area contributed by atoms with Crippen LogP contribution in [-0.4, -0.2) is 18.4 Å². The lowest BCUT2D eigenvalue weighted by Gasteiger charge is -2.32. The van der Waals surface area contributed by atoms with Gasteiger partial charge in [-0.25, -0.2) is 4.79 Å². The molecule has 3 rings (SSSR count). The molecule has 3 nitrogen and oxygen atoms in total. The SMILES string of the molecule is CC1=C(C)C2(CC3(CCCCC3)CO2)OC1=O. The van der Waals surface area contributed by atoms with Crippen molar-refractivity contribution < 1.29 is 14.3 Å². The largest absolute Gasteiger partial charge is 0.426 e. The van der Waals surface area contributed by atoms with Crippen molar-refractivity contribution in [3.63, 3.8) is 0 Å². The molecule has 94 valence electrons. The Balaban J connectivity index is 1.86. The number of carbonyl (C=O) groups excluding carboxylic acids is 1. The van der Waals surface area contributed by atoms with Crippen LogP contribution >= 0.6 is 0 Å². The van der Waals surface area contributed by atoms with Crippen molar-refractivity contribution in [2.24, 2.45) is 5.41 Å². The lowest BCUT2D eigenvalue weighted by molar-refractivity contribution is -0.185. The van der Waals surface area contributed by atoms with Gasteiger partial charge in [-0.1, -0.05) is 19.3 Å². The van der Waals surface area contributed by atoms with Crippen molar-refractivity contribution in [1.29, 1.82) is 0 Å². The number of carbonyl (C=O) groups is 1. The standard InChI is InChI=1S/C14H20O3/c1-10-11(2)14(17-12(10)15)8-13(9-16-14)6-4-3-5-7-13/h3-9H2,1-2H3. The van der Waals surface area contributed by atoms with E-state index in [2.05, 4.69) is 0 Å². The molecule has 0 aromatic rings. The molecule has 2 spiro atoms. The first kappa shape index (κ1) is 11.3. The molecule has 1 unspecified atom stereocenters. The van der Waals surface area contributed by atoms with E-state index < -0.39 is 5.79 Å². The summed E-state index contributed by atoms with van der Waals surface area (Å²) < 4.78 is 11.5. The molecule has 17 heavy (non-hydrogen) atoms. The highest BCUT2D eigenvalue weighted by Crippen LogP contribution is 2.53. The van der Waals surface area contributed by atoms with Crippen LogP contribution in [0.1, 0.15) is 52.4 Å². The predicted octanol–water partition coefficient (Wildman–Crippen LogP) is 2.95. The number of hydrogen-bond donors (Lipinski definition) is 0. The molecule has 0 bridgehead atoms. The number of hydrogen-bond acceptors (Lipinski definition) is 3. The van der Waals surface area contributed by atoms with Crippen LogP contribution in [0.4, 0.5) is 0 Å². The molecule has 3 aliphatic rings. The van der Waals surface area contributed by atoms with Crippen molar-refractivity contribution in [2.45, 2.75) is 58.2 Å². The van der Waals surface area contributed by atoms with Gasteiger partial charge in [-0.3, -0.25) is 0 Å². The Bertz CT molecular complexity index is 390. The minimum Gasteiger partial charge on any atom is -0.426 e. The smallest absolute Gasteiger partial charge is 0.336 e. The van der Waals surface area contributed by atoms with Crippen LogP contribution in [0.3, 0.4) is 0 Å². The van der Waals surface area contributed by atoms with Crippen molar-refractivity contribution in [2.75, 3.05) is 6.61 Å². The molecule has 0 radical (unpaired) electrons. The molecule has 0 amide bonds. The van der Waals surface area contributed by atoms with E-state index in [0.29, 0.717) is 0 Å². The summed E-state index contributed by atoms with van der Waals surface area (Å²) in [5.41, 5.74) is 1.99. The second-order valence-electron chi connectivity index (χ2n) is 5.92. The van der Waals surface area contributed by atoms with E-state index in [9.17, 15) is 4.79 Å². The minimum absolute atomic E-state index is 0.199. The molecule has 1 saturated heterocycles. The summed E-state index contributed by atoms with van der Waals surface area (Å²) in [6.07, 6.45) is 7.22. The van der Waals surface area contributed by atoms with Crippen molar-refractivity contribution >= 4 is 5.97 Å². The molecule has 3 heteroatoms. The Morgan fingerprint density at radius 1 is 1.12 bits per heavy atom. The fraction of sp³-hybridized carbons (Fsp3) is 0.786. The number of rotatable bonds is 0. The lowest BCUT2D eigenvalue weighted by atomic mass is 9.71. The van der Waals surface area contributed by atoms with Gasteiger partial charge in [-0.05, 0) is 26.7 Å². The van der Waals surface area contributed by atoms with Crippen LogP contribution in [0.5, 0.6) is 0 Å². The quantitative estimate of drug-likeness (QED) is 0.607. The van der Waals surface area contributed by atoms with Gasteiger partial charge in [0.15, 0.2) is 0 Å². The summed E-state index contributed by atoms with van der Waals surface area (Å²) >= 11 is 0. The van der Waals surface area contributed by atoms with Gasteiger partial charge in [0.2, 0.25) is 5.79 Å². The molecular weight excluding hydrogens is 216 g/mol. The van der Waals surface area contributed by atoms with Gasteiger partial charge in [0.25, 0.3) is 0 Å². The van der Waals surface area contributed by atoms with Gasteiger partial charge < -0.3 is 9.47 Å². The summed E-state index contributed by atoms with van der Waals surface area (Å²) in [7, 11) is 0. The second kappa shape index (κ2) is 3.58. The van der Waals surface area contributed by atoms with Crippen molar-refractivity contribution in [3.8, 4) is 0 Å². The monoisotopic (exact) mass is 236 g/mol. The Hall–Kier alpha value is -0.830. The van der Waals surface area contributed by atoms with Crippen LogP contribution in [0, 0.1) is 5.41 Å². The topological polar surface area (TPSA) is 35.5 Å². The third kappa shape index (κ3) is 1.55. The first-order valence-corrected chi connectivity index (χ1v) is 6.62. The first-order chi connectivity index (χ1) is 8.07. The summed E-state index contributed by atoms with van der Waals surface area (Å²) in [6, 6.07) is 0. The highest BCUT2D eigenvalue weighted by molar-refractivity contribution is 5.92. The van der Waals surface area contributed by atoms with Crippen LogP contribution in [0.15, 0.2) is 11.1 Å². The zero-order valence-electron chi connectivity index (χ0n) is 10.7. The molecule has 2 fully saturated rings. The zero-order chi connectivity index (χ0) is 12.1. The van der Waals surface area contributed by atoms with Crippen LogP contribution < -0.4 is 0 Å². The molecule has 1 aliphatic carbocycles. The average molecular weight is 236 g/mol. The fourth-order valence-corrected chi connectivity index (χ4v) is 3.54. The maximum Gasteiger partial charge on any atom is 0.336 e.